The van der Waals surface area contributed by atoms with E-state index in [4.69, 9.17) is 35.3 Å². The Hall–Kier alpha value is -2.70. The molecule has 1 saturated heterocycles. The Kier molecular flexibility index (Phi) is 9.06. The molecule has 6 atom stereocenters. The van der Waals surface area contributed by atoms with Crippen LogP contribution in [0.5, 0.6) is 0 Å². The van der Waals surface area contributed by atoms with E-state index in [9.17, 15) is 28.3 Å². The first-order chi connectivity index (χ1) is 19.1. The van der Waals surface area contributed by atoms with E-state index in [-0.39, 0.29) is 34.7 Å². The third-order valence-corrected chi connectivity index (χ3v) is 9.25. The Bertz CT molecular complexity index is 1580. The Labute approximate surface area is 230 Å². The number of hydrogen-bond acceptors (Lipinski definition) is 15. The van der Waals surface area contributed by atoms with Gasteiger partial charge in [0.15, 0.2) is 11.5 Å². The minimum absolute atomic E-state index is 0.0474. The lowest BCUT2D eigenvalue weighted by Crippen LogP contribution is -2.31. The minimum atomic E-state index is -5.76. The highest BCUT2D eigenvalue weighted by atomic mass is 31.3. The lowest BCUT2D eigenvalue weighted by atomic mass is 10.1. The summed E-state index contributed by atoms with van der Waals surface area (Å²) in [5.74, 6) is -0.774. The molecule has 0 amide bonds. The van der Waals surface area contributed by atoms with Gasteiger partial charge >= 0.3 is 29.4 Å². The van der Waals surface area contributed by atoms with Crippen LogP contribution in [0.2, 0.25) is 0 Å². The number of phosphoric ester groups is 1. The lowest BCUT2D eigenvalue weighted by molar-refractivity contribution is -0.0490. The second kappa shape index (κ2) is 11.9. The van der Waals surface area contributed by atoms with Crippen LogP contribution in [0, 0.1) is 0 Å². The number of anilines is 1. The number of esters is 1. The van der Waals surface area contributed by atoms with Gasteiger partial charge in [-0.1, -0.05) is 0 Å². The maximum absolute atomic E-state index is 13.1. The number of imidazole rings is 1. The Morgan fingerprint density at radius 2 is 1.88 bits per heavy atom. The third kappa shape index (κ3) is 7.78. The van der Waals surface area contributed by atoms with E-state index >= 15 is 0 Å². The molecule has 3 aromatic rings. The van der Waals surface area contributed by atoms with Gasteiger partial charge in [0.1, 0.15) is 30.3 Å². The fourth-order valence-corrected chi connectivity index (χ4v) is 6.88. The van der Waals surface area contributed by atoms with Crippen LogP contribution < -0.4 is 11.5 Å². The number of nitrogen functional groups attached to an aromatic ring is 1. The second-order valence-electron chi connectivity index (χ2n) is 8.50. The first-order valence-corrected chi connectivity index (χ1v) is 15.9. The summed E-state index contributed by atoms with van der Waals surface area (Å²) < 4.78 is 59.9. The van der Waals surface area contributed by atoms with E-state index in [0.29, 0.717) is 0 Å². The van der Waals surface area contributed by atoms with Crippen molar-refractivity contribution in [2.75, 3.05) is 12.3 Å². The van der Waals surface area contributed by atoms with E-state index in [2.05, 4.69) is 28.6 Å². The summed E-state index contributed by atoms with van der Waals surface area (Å²) in [7, 11) is -16.9. The second-order valence-corrected chi connectivity index (χ2v) is 12.9. The van der Waals surface area contributed by atoms with E-state index in [0.717, 1.165) is 0 Å². The van der Waals surface area contributed by atoms with Crippen molar-refractivity contribution in [1.82, 2.24) is 24.5 Å². The number of pyridine rings is 1. The summed E-state index contributed by atoms with van der Waals surface area (Å²) in [6, 6.07) is 2.30. The minimum Gasteiger partial charge on any atom is -0.456 e. The van der Waals surface area contributed by atoms with Crippen molar-refractivity contribution in [2.45, 2.75) is 37.8 Å². The topological polar surface area (TPSA) is 304 Å². The van der Waals surface area contributed by atoms with Gasteiger partial charge < -0.3 is 40.5 Å². The molecule has 0 aliphatic carbocycles. The maximum Gasteiger partial charge on any atom is 0.490 e. The molecule has 1 fully saturated rings. The van der Waals surface area contributed by atoms with Gasteiger partial charge in [-0.05, 0) is 19.1 Å². The van der Waals surface area contributed by atoms with Crippen molar-refractivity contribution in [2.24, 2.45) is 5.73 Å². The van der Waals surface area contributed by atoms with Crippen molar-refractivity contribution < 1.29 is 60.7 Å². The molecule has 20 nitrogen and oxygen atoms in total. The van der Waals surface area contributed by atoms with Crippen LogP contribution in [0.1, 0.15) is 41.7 Å². The molecular weight excluding hydrogens is 615 g/mol. The largest absolute Gasteiger partial charge is 0.490 e. The number of aromatic nitrogens is 5. The summed E-state index contributed by atoms with van der Waals surface area (Å²) in [5, 5.41) is 0. The molecule has 0 bridgehead atoms. The van der Waals surface area contributed by atoms with E-state index in [1.54, 1.807) is 6.92 Å². The van der Waals surface area contributed by atoms with E-state index in [1.165, 1.54) is 35.6 Å². The molecule has 4 heterocycles. The summed E-state index contributed by atoms with van der Waals surface area (Å²) >= 11 is 0. The molecule has 4 unspecified atom stereocenters. The molecule has 0 spiro atoms. The summed E-state index contributed by atoms with van der Waals surface area (Å²) in [6.45, 7) is 0.728. The van der Waals surface area contributed by atoms with Gasteiger partial charge in [0.2, 0.25) is 0 Å². The number of nitrogens with two attached hydrogens (primary N) is 2. The number of nitrogens with zero attached hydrogens (tertiary/aromatic N) is 5. The number of fused-ring (bicyclic) bond motifs is 1. The highest BCUT2D eigenvalue weighted by molar-refractivity contribution is 7.66. The SMILES string of the molecule is CC(N)c1ncccc1C(=O)O[C@@H]1C[C@H](n2cnc3c(N)ncnc32)OC1COP(=O)(O)OP(=O)(O)OP(=O)(O)O. The van der Waals surface area contributed by atoms with Crippen LogP contribution in [-0.2, 0) is 36.3 Å². The Morgan fingerprint density at radius 3 is 2.56 bits per heavy atom. The van der Waals surface area contributed by atoms with Gasteiger partial charge in [0.25, 0.3) is 0 Å². The fourth-order valence-electron chi connectivity index (χ4n) is 3.85. The predicted octanol–water partition coefficient (Wildman–Crippen LogP) is 0.680. The molecule has 3 aromatic heterocycles. The van der Waals surface area contributed by atoms with Gasteiger partial charge in [-0.3, -0.25) is 14.1 Å². The van der Waals surface area contributed by atoms with Crippen LogP contribution in [0.15, 0.2) is 31.0 Å². The van der Waals surface area contributed by atoms with Gasteiger partial charge in [-0.25, -0.2) is 33.4 Å². The molecule has 8 N–H and O–H groups in total. The van der Waals surface area contributed by atoms with Crippen LogP contribution in [0.3, 0.4) is 0 Å². The zero-order valence-corrected chi connectivity index (χ0v) is 23.5. The van der Waals surface area contributed by atoms with Crippen molar-refractivity contribution in [1.29, 1.82) is 0 Å². The zero-order chi connectivity index (χ0) is 30.2. The van der Waals surface area contributed by atoms with Gasteiger partial charge in [-0.15, -0.1) is 0 Å². The number of ether oxygens (including phenoxy) is 2. The standard InChI is InChI=1S/C18H24N7O13P3/c1-9(19)14-10(3-2-4-21-14)18(26)36-11-5-13(25-8-24-15-16(20)22-7-23-17(15)25)35-12(11)6-34-40(30,31)38-41(32,33)37-39(27,28)29/h2-4,7-9,11-13H,5-6,19H2,1H3,(H,30,31)(H,32,33)(H2,20,22,23)(H2,27,28,29)/t9?,11-,12?,13-/m1/s1. The zero-order valence-electron chi connectivity index (χ0n) is 20.8. The van der Waals surface area contributed by atoms with Crippen LogP contribution in [0.4, 0.5) is 5.82 Å². The average Bonchev–Trinajstić information content (AvgIpc) is 3.45. The number of rotatable bonds is 11. The molecule has 1 aliphatic heterocycles. The first-order valence-electron chi connectivity index (χ1n) is 11.3. The van der Waals surface area contributed by atoms with Crippen molar-refractivity contribution in [3.8, 4) is 0 Å². The normalized spacial score (nSPS) is 23.1. The number of carbonyl (C=O) groups excluding carboxylic acids is 1. The molecule has 41 heavy (non-hydrogen) atoms. The van der Waals surface area contributed by atoms with Crippen molar-refractivity contribution in [3.63, 3.8) is 0 Å². The molecule has 0 saturated carbocycles. The Morgan fingerprint density at radius 1 is 1.15 bits per heavy atom. The van der Waals surface area contributed by atoms with Crippen LogP contribution in [-0.4, -0.2) is 68.9 Å². The molecular formula is C18H24N7O13P3. The fraction of sp³-hybridized carbons (Fsp3) is 0.389. The van der Waals surface area contributed by atoms with Crippen molar-refractivity contribution in [3.05, 3.63) is 42.2 Å². The van der Waals surface area contributed by atoms with Crippen LogP contribution >= 0.6 is 23.5 Å². The molecule has 0 aromatic carbocycles. The molecule has 1 aliphatic rings. The van der Waals surface area contributed by atoms with E-state index in [1.807, 2.05) is 0 Å². The maximum atomic E-state index is 13.1. The van der Waals surface area contributed by atoms with Crippen molar-refractivity contribution >= 4 is 46.4 Å². The Balaban J connectivity index is 1.57. The molecule has 224 valence electrons. The van der Waals surface area contributed by atoms with Gasteiger partial charge in [0, 0.05) is 18.7 Å². The van der Waals surface area contributed by atoms with Crippen LogP contribution in [0.25, 0.3) is 11.2 Å². The number of hydrogen-bond donors (Lipinski definition) is 6. The molecule has 23 heteroatoms. The monoisotopic (exact) mass is 639 g/mol. The summed E-state index contributed by atoms with van der Waals surface area (Å²) in [5.41, 5.74) is 12.5. The smallest absolute Gasteiger partial charge is 0.456 e. The molecule has 4 rings (SSSR count). The highest BCUT2D eigenvalue weighted by Gasteiger charge is 2.44. The third-order valence-electron chi connectivity index (χ3n) is 5.44. The number of phosphoric acid groups is 3. The molecule has 0 radical (unpaired) electrons. The number of carbonyl (C=O) groups is 1. The summed E-state index contributed by atoms with van der Waals surface area (Å²) in [6.07, 6.45) is 0.473. The van der Waals surface area contributed by atoms with Gasteiger partial charge in [-0.2, -0.15) is 8.62 Å². The highest BCUT2D eigenvalue weighted by Crippen LogP contribution is 2.66. The average molecular weight is 639 g/mol. The van der Waals surface area contributed by atoms with Gasteiger partial charge in [0.05, 0.1) is 24.2 Å². The first kappa shape index (κ1) is 31.2. The quantitative estimate of drug-likeness (QED) is 0.124. The lowest BCUT2D eigenvalue weighted by Gasteiger charge is -2.21. The van der Waals surface area contributed by atoms with E-state index < -0.39 is 60.5 Å². The summed E-state index contributed by atoms with van der Waals surface area (Å²) in [4.78, 5) is 65.9. The predicted molar refractivity (Wildman–Crippen MR) is 134 cm³/mol.